The summed E-state index contributed by atoms with van der Waals surface area (Å²) in [5, 5.41) is 10.8. The fraction of sp³-hybridized carbons (Fsp3) is 0.280. The minimum Gasteiger partial charge on any atom is -0.490 e. The SMILES string of the molecule is CCOC(=O)C1=C(C)OC(N)=C(C#N)C1c1ccc(OCc2c(Cl)cccc2Cl)c(OCC)c1. The van der Waals surface area contributed by atoms with Gasteiger partial charge in [-0.2, -0.15) is 5.26 Å². The molecule has 0 bridgehead atoms. The van der Waals surface area contributed by atoms with Crippen molar-refractivity contribution in [2.45, 2.75) is 33.3 Å². The first-order chi connectivity index (χ1) is 16.3. The van der Waals surface area contributed by atoms with Gasteiger partial charge in [-0.1, -0.05) is 35.3 Å². The van der Waals surface area contributed by atoms with Gasteiger partial charge in [-0.05, 0) is 50.6 Å². The van der Waals surface area contributed by atoms with Crippen LogP contribution in [0.4, 0.5) is 0 Å². The summed E-state index contributed by atoms with van der Waals surface area (Å²) < 4.78 is 22.4. The van der Waals surface area contributed by atoms with Crippen LogP contribution >= 0.6 is 23.2 Å². The molecule has 2 aromatic rings. The van der Waals surface area contributed by atoms with E-state index in [1.807, 2.05) is 6.92 Å². The summed E-state index contributed by atoms with van der Waals surface area (Å²) in [5.41, 5.74) is 7.52. The van der Waals surface area contributed by atoms with Gasteiger partial charge in [0.1, 0.15) is 24.0 Å². The Morgan fingerprint density at radius 3 is 2.44 bits per heavy atom. The van der Waals surface area contributed by atoms with Gasteiger partial charge in [-0.15, -0.1) is 0 Å². The van der Waals surface area contributed by atoms with Crippen LogP contribution in [-0.4, -0.2) is 19.2 Å². The van der Waals surface area contributed by atoms with Crippen LogP contribution in [0.25, 0.3) is 0 Å². The number of benzene rings is 2. The first kappa shape index (κ1) is 25.3. The van der Waals surface area contributed by atoms with Crippen molar-refractivity contribution in [1.29, 1.82) is 5.26 Å². The van der Waals surface area contributed by atoms with E-state index in [1.165, 1.54) is 0 Å². The molecule has 0 spiro atoms. The summed E-state index contributed by atoms with van der Waals surface area (Å²) in [6.07, 6.45) is 0. The fourth-order valence-corrected chi connectivity index (χ4v) is 4.11. The van der Waals surface area contributed by atoms with E-state index in [2.05, 4.69) is 6.07 Å². The van der Waals surface area contributed by atoms with Gasteiger partial charge in [0, 0.05) is 15.6 Å². The van der Waals surface area contributed by atoms with E-state index in [9.17, 15) is 10.1 Å². The molecule has 0 saturated carbocycles. The van der Waals surface area contributed by atoms with Crippen molar-refractivity contribution in [3.8, 4) is 17.6 Å². The lowest BCUT2D eigenvalue weighted by Gasteiger charge is -2.27. The zero-order valence-corrected chi connectivity index (χ0v) is 20.5. The van der Waals surface area contributed by atoms with Gasteiger partial charge in [0.25, 0.3) is 0 Å². The molecule has 0 aliphatic carbocycles. The van der Waals surface area contributed by atoms with Crippen molar-refractivity contribution in [2.24, 2.45) is 5.73 Å². The third kappa shape index (κ3) is 5.24. The molecule has 1 aliphatic heterocycles. The fourth-order valence-electron chi connectivity index (χ4n) is 3.60. The number of ether oxygens (including phenoxy) is 4. The highest BCUT2D eigenvalue weighted by molar-refractivity contribution is 6.35. The number of nitrogens with zero attached hydrogens (tertiary/aromatic N) is 1. The maximum Gasteiger partial charge on any atom is 0.338 e. The summed E-state index contributed by atoms with van der Waals surface area (Å²) in [6.45, 7) is 5.80. The van der Waals surface area contributed by atoms with E-state index in [1.54, 1.807) is 50.2 Å². The van der Waals surface area contributed by atoms with E-state index in [-0.39, 0.29) is 36.0 Å². The van der Waals surface area contributed by atoms with Crippen LogP contribution in [-0.2, 0) is 20.9 Å². The lowest BCUT2D eigenvalue weighted by atomic mass is 9.83. The molecule has 0 amide bonds. The number of hydrogen-bond acceptors (Lipinski definition) is 7. The molecule has 1 aliphatic rings. The summed E-state index contributed by atoms with van der Waals surface area (Å²) in [7, 11) is 0. The highest BCUT2D eigenvalue weighted by Crippen LogP contribution is 2.42. The second-order valence-electron chi connectivity index (χ2n) is 7.24. The Hall–Kier alpha value is -3.34. The number of nitrogens with two attached hydrogens (primary N) is 1. The second kappa shape index (κ2) is 11.2. The third-order valence-electron chi connectivity index (χ3n) is 5.14. The Labute approximate surface area is 208 Å². The zero-order valence-electron chi connectivity index (χ0n) is 19.0. The maximum atomic E-state index is 12.7. The maximum absolute atomic E-state index is 12.7. The number of hydrogen-bond donors (Lipinski definition) is 1. The molecule has 1 heterocycles. The number of carbonyl (C=O) groups excluding carboxylic acids is 1. The van der Waals surface area contributed by atoms with Gasteiger partial charge in [0.2, 0.25) is 5.88 Å². The van der Waals surface area contributed by atoms with Crippen LogP contribution in [0.15, 0.2) is 59.2 Å². The number of esters is 1. The highest BCUT2D eigenvalue weighted by atomic mass is 35.5. The van der Waals surface area contributed by atoms with Gasteiger partial charge >= 0.3 is 5.97 Å². The van der Waals surface area contributed by atoms with Crippen molar-refractivity contribution < 1.29 is 23.7 Å². The molecular weight excluding hydrogens is 479 g/mol. The molecule has 7 nitrogen and oxygen atoms in total. The summed E-state index contributed by atoms with van der Waals surface area (Å²) in [6, 6.07) is 12.4. The molecule has 178 valence electrons. The first-order valence-corrected chi connectivity index (χ1v) is 11.4. The lowest BCUT2D eigenvalue weighted by molar-refractivity contribution is -0.139. The molecule has 9 heteroatoms. The number of allylic oxidation sites excluding steroid dienone is 2. The second-order valence-corrected chi connectivity index (χ2v) is 8.06. The molecule has 3 rings (SSSR count). The van der Waals surface area contributed by atoms with Crippen LogP contribution < -0.4 is 15.2 Å². The number of rotatable bonds is 8. The molecule has 2 aromatic carbocycles. The van der Waals surface area contributed by atoms with Crippen LogP contribution in [0.2, 0.25) is 10.0 Å². The van der Waals surface area contributed by atoms with E-state index < -0.39 is 11.9 Å². The van der Waals surface area contributed by atoms with Crippen LogP contribution in [0.5, 0.6) is 11.5 Å². The van der Waals surface area contributed by atoms with Crippen molar-refractivity contribution in [3.05, 3.63) is 80.4 Å². The summed E-state index contributed by atoms with van der Waals surface area (Å²) >= 11 is 12.5. The summed E-state index contributed by atoms with van der Waals surface area (Å²) in [5.74, 6) is -0.300. The van der Waals surface area contributed by atoms with Crippen LogP contribution in [0.1, 0.15) is 37.8 Å². The van der Waals surface area contributed by atoms with Gasteiger partial charge in [0.15, 0.2) is 11.5 Å². The molecular formula is C25H24Cl2N2O5. The average Bonchev–Trinajstić information content (AvgIpc) is 2.79. The smallest absolute Gasteiger partial charge is 0.338 e. The molecule has 0 radical (unpaired) electrons. The minimum atomic E-state index is -0.788. The van der Waals surface area contributed by atoms with Gasteiger partial charge in [-0.25, -0.2) is 4.79 Å². The number of halogens is 2. The van der Waals surface area contributed by atoms with E-state index in [4.69, 9.17) is 47.9 Å². The quantitative estimate of drug-likeness (QED) is 0.467. The van der Waals surface area contributed by atoms with Crippen molar-refractivity contribution in [2.75, 3.05) is 13.2 Å². The molecule has 34 heavy (non-hydrogen) atoms. The molecule has 0 aromatic heterocycles. The standard InChI is InChI=1S/C25H24Cl2N2O5/c1-4-31-21-11-15(9-10-20(21)33-13-17-18(26)7-6-8-19(17)27)23-16(12-28)24(29)34-14(3)22(23)25(30)32-5-2/h6-11,23H,4-5,13,29H2,1-3H3. The van der Waals surface area contributed by atoms with Crippen LogP contribution in [0, 0.1) is 11.3 Å². The monoisotopic (exact) mass is 502 g/mol. The normalized spacial score (nSPS) is 15.5. The molecule has 2 N–H and O–H groups in total. The molecule has 1 atom stereocenters. The zero-order chi connectivity index (χ0) is 24.8. The third-order valence-corrected chi connectivity index (χ3v) is 5.84. The molecule has 0 fully saturated rings. The lowest BCUT2D eigenvalue weighted by Crippen LogP contribution is -2.25. The van der Waals surface area contributed by atoms with Crippen LogP contribution in [0.3, 0.4) is 0 Å². The van der Waals surface area contributed by atoms with Crippen molar-refractivity contribution in [3.63, 3.8) is 0 Å². The highest BCUT2D eigenvalue weighted by Gasteiger charge is 2.36. The van der Waals surface area contributed by atoms with E-state index in [0.717, 1.165) is 0 Å². The summed E-state index contributed by atoms with van der Waals surface area (Å²) in [4.78, 5) is 12.7. The van der Waals surface area contributed by atoms with Gasteiger partial charge in [-0.3, -0.25) is 0 Å². The Balaban J connectivity index is 2.02. The number of carbonyl (C=O) groups is 1. The Bertz CT molecular complexity index is 1180. The largest absolute Gasteiger partial charge is 0.490 e. The van der Waals surface area contributed by atoms with Gasteiger partial charge < -0.3 is 24.7 Å². The number of nitriles is 1. The van der Waals surface area contributed by atoms with E-state index >= 15 is 0 Å². The predicted molar refractivity (Wildman–Crippen MR) is 128 cm³/mol. The average molecular weight is 503 g/mol. The van der Waals surface area contributed by atoms with E-state index in [0.29, 0.717) is 39.3 Å². The first-order valence-electron chi connectivity index (χ1n) is 10.6. The minimum absolute atomic E-state index is 0.0651. The molecule has 1 unspecified atom stereocenters. The van der Waals surface area contributed by atoms with Crippen molar-refractivity contribution >= 4 is 29.2 Å². The van der Waals surface area contributed by atoms with Gasteiger partial charge in [0.05, 0.1) is 24.7 Å². The Kier molecular flexibility index (Phi) is 8.32. The Morgan fingerprint density at radius 1 is 1.12 bits per heavy atom. The predicted octanol–water partition coefficient (Wildman–Crippen LogP) is 5.62. The van der Waals surface area contributed by atoms with Crippen molar-refractivity contribution in [1.82, 2.24) is 0 Å². The Morgan fingerprint density at radius 2 is 1.82 bits per heavy atom. The molecule has 0 saturated heterocycles. The topological polar surface area (TPSA) is 104 Å².